The molecule has 0 saturated heterocycles. The van der Waals surface area contributed by atoms with Crippen LogP contribution >= 0.6 is 0 Å². The fourth-order valence-corrected chi connectivity index (χ4v) is 1.77. The number of hydrogen-bond donors (Lipinski definition) is 0. The summed E-state index contributed by atoms with van der Waals surface area (Å²) in [5.41, 5.74) is 0. The first-order chi connectivity index (χ1) is 7.50. The van der Waals surface area contributed by atoms with E-state index in [9.17, 15) is 4.21 Å². The van der Waals surface area contributed by atoms with Crippen molar-refractivity contribution in [2.75, 3.05) is 30.5 Å². The Labute approximate surface area is 99.6 Å². The minimum atomic E-state index is -0.759. The molecule has 1 unspecified atom stereocenters. The van der Waals surface area contributed by atoms with Gasteiger partial charge in [-0.15, -0.1) is 0 Å². The maximum Gasteiger partial charge on any atom is 0.133 e. The van der Waals surface area contributed by atoms with Gasteiger partial charge in [-0.25, -0.2) is 9.97 Å². The van der Waals surface area contributed by atoms with Gasteiger partial charge < -0.3 is 4.90 Å². The van der Waals surface area contributed by atoms with Crippen LogP contribution in [-0.4, -0.2) is 39.8 Å². The highest BCUT2D eigenvalue weighted by Crippen LogP contribution is 2.13. The van der Waals surface area contributed by atoms with E-state index < -0.39 is 10.8 Å². The summed E-state index contributed by atoms with van der Waals surface area (Å²) in [5.74, 6) is 2.73. The maximum atomic E-state index is 11.0. The lowest BCUT2D eigenvalue weighted by Crippen LogP contribution is -2.24. The molecule has 0 aliphatic rings. The van der Waals surface area contributed by atoms with Crippen LogP contribution in [0.1, 0.15) is 25.6 Å². The summed E-state index contributed by atoms with van der Waals surface area (Å²) in [6, 6.07) is 1.88. The smallest absolute Gasteiger partial charge is 0.133 e. The van der Waals surface area contributed by atoms with Crippen molar-refractivity contribution in [2.45, 2.75) is 19.8 Å². The number of aromatic nitrogens is 2. The number of hydrogen-bond acceptors (Lipinski definition) is 4. The Morgan fingerprint density at radius 3 is 2.75 bits per heavy atom. The Kier molecular flexibility index (Phi) is 4.86. The molecule has 0 bridgehead atoms. The second kappa shape index (κ2) is 5.94. The minimum absolute atomic E-state index is 0.327. The average molecular weight is 241 g/mol. The Bertz CT molecular complexity index is 368. The van der Waals surface area contributed by atoms with Crippen molar-refractivity contribution in [1.82, 2.24) is 9.97 Å². The van der Waals surface area contributed by atoms with Crippen LogP contribution < -0.4 is 4.90 Å². The molecule has 0 fully saturated rings. The summed E-state index contributed by atoms with van der Waals surface area (Å²) in [4.78, 5) is 10.7. The van der Waals surface area contributed by atoms with Crippen molar-refractivity contribution in [3.8, 4) is 0 Å². The van der Waals surface area contributed by atoms with Crippen LogP contribution in [0, 0.1) is 0 Å². The molecule has 1 atom stereocenters. The average Bonchev–Trinajstić information content (AvgIpc) is 2.26. The van der Waals surface area contributed by atoms with Crippen LogP contribution in [-0.2, 0) is 10.8 Å². The quantitative estimate of drug-likeness (QED) is 0.782. The van der Waals surface area contributed by atoms with Crippen molar-refractivity contribution in [2.24, 2.45) is 0 Å². The molecule has 0 spiro atoms. The predicted octanol–water partition coefficient (Wildman–Crippen LogP) is 1.41. The largest absolute Gasteiger partial charge is 0.359 e. The van der Waals surface area contributed by atoms with Gasteiger partial charge in [-0.2, -0.15) is 0 Å². The Hall–Kier alpha value is -0.970. The summed E-state index contributed by atoms with van der Waals surface area (Å²) in [6.45, 7) is 4.89. The summed E-state index contributed by atoms with van der Waals surface area (Å²) in [6.07, 6.45) is 3.49. The van der Waals surface area contributed by atoms with Gasteiger partial charge >= 0.3 is 0 Å². The zero-order chi connectivity index (χ0) is 12.1. The topological polar surface area (TPSA) is 46.1 Å². The van der Waals surface area contributed by atoms with Gasteiger partial charge in [-0.1, -0.05) is 13.8 Å². The highest BCUT2D eigenvalue weighted by molar-refractivity contribution is 7.84. The van der Waals surface area contributed by atoms with E-state index in [4.69, 9.17) is 0 Å². The third kappa shape index (κ3) is 3.89. The minimum Gasteiger partial charge on any atom is -0.359 e. The van der Waals surface area contributed by atoms with E-state index in [2.05, 4.69) is 23.8 Å². The van der Waals surface area contributed by atoms with E-state index in [0.717, 1.165) is 18.2 Å². The Morgan fingerprint density at radius 2 is 2.19 bits per heavy atom. The lowest BCUT2D eigenvalue weighted by Gasteiger charge is -2.18. The van der Waals surface area contributed by atoms with Crippen molar-refractivity contribution in [3.05, 3.63) is 18.1 Å². The molecule has 16 heavy (non-hydrogen) atoms. The van der Waals surface area contributed by atoms with Crippen LogP contribution in [0.15, 0.2) is 12.3 Å². The molecular formula is C11H19N3OS. The first-order valence-corrected chi connectivity index (χ1v) is 7.07. The molecule has 0 radical (unpaired) electrons. The molecule has 1 aromatic heterocycles. The van der Waals surface area contributed by atoms with Crippen molar-refractivity contribution >= 4 is 16.6 Å². The molecular weight excluding hydrogens is 222 g/mol. The second-order valence-electron chi connectivity index (χ2n) is 4.13. The van der Waals surface area contributed by atoms with Crippen molar-refractivity contribution in [3.63, 3.8) is 0 Å². The van der Waals surface area contributed by atoms with Gasteiger partial charge in [0.05, 0.1) is 0 Å². The molecule has 0 aliphatic carbocycles. The van der Waals surface area contributed by atoms with E-state index >= 15 is 0 Å². The highest BCUT2D eigenvalue weighted by Gasteiger charge is 2.07. The van der Waals surface area contributed by atoms with E-state index in [1.807, 2.05) is 18.0 Å². The third-order valence-corrected chi connectivity index (χ3v) is 3.04. The van der Waals surface area contributed by atoms with E-state index in [1.54, 1.807) is 12.5 Å². The summed E-state index contributed by atoms with van der Waals surface area (Å²) in [5, 5.41) is 0. The fourth-order valence-electron chi connectivity index (χ4n) is 1.23. The predicted molar refractivity (Wildman–Crippen MR) is 68.3 cm³/mol. The second-order valence-corrected chi connectivity index (χ2v) is 5.68. The van der Waals surface area contributed by atoms with Gasteiger partial charge in [0.1, 0.15) is 11.6 Å². The van der Waals surface area contributed by atoms with E-state index in [-0.39, 0.29) is 0 Å². The fraction of sp³-hybridized carbons (Fsp3) is 0.636. The van der Waals surface area contributed by atoms with Crippen molar-refractivity contribution in [1.29, 1.82) is 0 Å². The molecule has 5 heteroatoms. The maximum absolute atomic E-state index is 11.0. The molecule has 4 nitrogen and oxygen atoms in total. The first-order valence-electron chi connectivity index (χ1n) is 5.35. The summed E-state index contributed by atoms with van der Waals surface area (Å²) >= 11 is 0. The van der Waals surface area contributed by atoms with Crippen molar-refractivity contribution < 1.29 is 4.21 Å². The molecule has 0 aromatic carbocycles. The van der Waals surface area contributed by atoms with Crippen LogP contribution in [0.4, 0.5) is 5.82 Å². The van der Waals surface area contributed by atoms with Gasteiger partial charge in [-0.3, -0.25) is 4.21 Å². The zero-order valence-corrected chi connectivity index (χ0v) is 11.1. The number of nitrogens with zero attached hydrogens (tertiary/aromatic N) is 3. The normalized spacial score (nSPS) is 12.8. The molecule has 1 aromatic rings. The van der Waals surface area contributed by atoms with Gasteiger partial charge in [0.15, 0.2) is 0 Å². The van der Waals surface area contributed by atoms with Crippen LogP contribution in [0.5, 0.6) is 0 Å². The lowest BCUT2D eigenvalue weighted by atomic mass is 10.2. The molecule has 0 saturated carbocycles. The molecule has 90 valence electrons. The van der Waals surface area contributed by atoms with Gasteiger partial charge in [0.2, 0.25) is 0 Å². The molecule has 1 heterocycles. The zero-order valence-electron chi connectivity index (χ0n) is 10.3. The summed E-state index contributed by atoms with van der Waals surface area (Å²) in [7, 11) is 1.20. The molecule has 0 aliphatic heterocycles. The van der Waals surface area contributed by atoms with Crippen LogP contribution in [0.3, 0.4) is 0 Å². The Balaban J connectivity index is 2.71. The molecule has 1 rings (SSSR count). The highest BCUT2D eigenvalue weighted by atomic mass is 32.2. The Morgan fingerprint density at radius 1 is 1.50 bits per heavy atom. The van der Waals surface area contributed by atoms with Gasteiger partial charge in [-0.05, 0) is 6.07 Å². The van der Waals surface area contributed by atoms with Gasteiger partial charge in [0, 0.05) is 48.5 Å². The van der Waals surface area contributed by atoms with Crippen LogP contribution in [0.2, 0.25) is 0 Å². The van der Waals surface area contributed by atoms with E-state index in [0.29, 0.717) is 11.7 Å². The lowest BCUT2D eigenvalue weighted by molar-refractivity contribution is 0.685. The standard InChI is InChI=1S/C11H19N3OS/c1-9(2)11-12-6-5-10(13-11)14(3)7-8-16(4)15/h5-6,9H,7-8H2,1-4H3. The van der Waals surface area contributed by atoms with E-state index in [1.165, 1.54) is 0 Å². The molecule has 0 amide bonds. The summed E-state index contributed by atoms with van der Waals surface area (Å²) < 4.78 is 11.0. The molecule has 0 N–H and O–H groups in total. The first kappa shape index (κ1) is 13.1. The van der Waals surface area contributed by atoms with Crippen LogP contribution in [0.25, 0.3) is 0 Å². The number of anilines is 1. The third-order valence-electron chi connectivity index (χ3n) is 2.28. The number of rotatable bonds is 5. The SMILES string of the molecule is CC(C)c1nccc(N(C)CCS(C)=O)n1. The monoisotopic (exact) mass is 241 g/mol. The van der Waals surface area contributed by atoms with Gasteiger partial charge in [0.25, 0.3) is 0 Å².